The largest absolute Gasteiger partial charge is 0.333 e. The minimum atomic E-state index is -0.535. The van der Waals surface area contributed by atoms with Crippen molar-refractivity contribution in [3.63, 3.8) is 0 Å². The minimum absolute atomic E-state index is 0.00383. The molecule has 3 rings (SSSR count). The first-order valence-electron chi connectivity index (χ1n) is 10.6. The number of carbonyl (C=O) groups is 2. The van der Waals surface area contributed by atoms with E-state index in [1.54, 1.807) is 28.4 Å². The number of hydrogen-bond acceptors (Lipinski definition) is 3. The molecule has 0 bridgehead atoms. The summed E-state index contributed by atoms with van der Waals surface area (Å²) in [6.45, 7) is 8.99. The topological polar surface area (TPSA) is 40.6 Å². The van der Waals surface area contributed by atoms with Crippen molar-refractivity contribution in [1.82, 2.24) is 9.80 Å². The third-order valence-corrected chi connectivity index (χ3v) is 6.51. The van der Waals surface area contributed by atoms with E-state index in [1.807, 2.05) is 31.1 Å². The van der Waals surface area contributed by atoms with Crippen molar-refractivity contribution >= 4 is 23.2 Å². The zero-order valence-electron chi connectivity index (χ0n) is 18.3. The molecule has 1 aromatic heterocycles. The Labute approximate surface area is 182 Å². The lowest BCUT2D eigenvalue weighted by Crippen LogP contribution is -2.49. The molecule has 4 nitrogen and oxygen atoms in total. The first kappa shape index (κ1) is 22.5. The summed E-state index contributed by atoms with van der Waals surface area (Å²) < 4.78 is 13.5. The Morgan fingerprint density at radius 2 is 1.90 bits per heavy atom. The van der Waals surface area contributed by atoms with Crippen LogP contribution in [0.15, 0.2) is 35.7 Å². The Kier molecular flexibility index (Phi) is 6.96. The molecule has 1 aliphatic heterocycles. The van der Waals surface area contributed by atoms with Crippen LogP contribution in [0.25, 0.3) is 0 Å². The Balaban J connectivity index is 1.88. The fourth-order valence-electron chi connectivity index (χ4n) is 3.92. The second-order valence-electron chi connectivity index (χ2n) is 8.92. The van der Waals surface area contributed by atoms with Gasteiger partial charge < -0.3 is 9.80 Å². The molecule has 0 fully saturated rings. The smallest absolute Gasteiger partial charge is 0.242 e. The van der Waals surface area contributed by atoms with Crippen LogP contribution in [0.3, 0.4) is 0 Å². The second-order valence-corrected chi connectivity index (χ2v) is 9.92. The summed E-state index contributed by atoms with van der Waals surface area (Å²) in [7, 11) is 0. The summed E-state index contributed by atoms with van der Waals surface area (Å²) in [5.41, 5.74) is 1.46. The molecular weight excluding hydrogens is 399 g/mol. The average molecular weight is 431 g/mol. The zero-order valence-corrected chi connectivity index (χ0v) is 19.1. The van der Waals surface area contributed by atoms with Gasteiger partial charge in [0.2, 0.25) is 11.8 Å². The molecular formula is C24H31FN2O2S. The van der Waals surface area contributed by atoms with E-state index in [0.29, 0.717) is 13.1 Å². The Morgan fingerprint density at radius 1 is 1.20 bits per heavy atom. The van der Waals surface area contributed by atoms with Crippen molar-refractivity contribution in [2.75, 3.05) is 19.6 Å². The van der Waals surface area contributed by atoms with Crippen LogP contribution in [-0.4, -0.2) is 41.2 Å². The number of amides is 2. The number of carbonyl (C=O) groups excluding carboxylic acids is 2. The lowest BCUT2D eigenvalue weighted by Gasteiger charge is -2.38. The van der Waals surface area contributed by atoms with Crippen molar-refractivity contribution in [3.05, 3.63) is 57.5 Å². The molecule has 1 aliphatic rings. The van der Waals surface area contributed by atoms with E-state index in [2.05, 4.69) is 13.0 Å². The van der Waals surface area contributed by atoms with E-state index in [1.165, 1.54) is 17.0 Å². The number of benzene rings is 1. The molecule has 162 valence electrons. The molecule has 1 unspecified atom stereocenters. The van der Waals surface area contributed by atoms with Crippen LogP contribution in [0.2, 0.25) is 0 Å². The molecule has 0 radical (unpaired) electrons. The molecule has 1 atom stereocenters. The summed E-state index contributed by atoms with van der Waals surface area (Å²) in [5, 5.41) is 2.05. The van der Waals surface area contributed by atoms with Gasteiger partial charge in [-0.1, -0.05) is 46.2 Å². The average Bonchev–Trinajstić information content (AvgIpc) is 3.18. The van der Waals surface area contributed by atoms with Gasteiger partial charge in [-0.2, -0.15) is 0 Å². The fraction of sp³-hybridized carbons (Fsp3) is 0.500. The summed E-state index contributed by atoms with van der Waals surface area (Å²) in [4.78, 5) is 31.2. The standard InChI is InChI=1S/C24H31FN2O2S/c1-5-6-13-26(23(29)24(2,3)4)16-21(28)27-14-11-20-19(12-15-30-20)22(27)17-7-9-18(25)10-8-17/h7-10,12,15,22H,5-6,11,13-14,16H2,1-4H3. The Morgan fingerprint density at radius 3 is 2.53 bits per heavy atom. The van der Waals surface area contributed by atoms with Gasteiger partial charge in [-0.05, 0) is 47.5 Å². The molecule has 2 aromatic rings. The monoisotopic (exact) mass is 430 g/mol. The quantitative estimate of drug-likeness (QED) is 0.644. The van der Waals surface area contributed by atoms with Crippen LogP contribution in [0.4, 0.5) is 4.39 Å². The van der Waals surface area contributed by atoms with Gasteiger partial charge in [0, 0.05) is 23.4 Å². The van der Waals surface area contributed by atoms with E-state index in [0.717, 1.165) is 30.4 Å². The van der Waals surface area contributed by atoms with E-state index in [-0.39, 0.29) is 30.2 Å². The van der Waals surface area contributed by atoms with Crippen molar-refractivity contribution in [3.8, 4) is 0 Å². The molecule has 0 aliphatic carbocycles. The Bertz CT molecular complexity index is 885. The van der Waals surface area contributed by atoms with Gasteiger partial charge in [-0.3, -0.25) is 9.59 Å². The van der Waals surface area contributed by atoms with Gasteiger partial charge in [-0.25, -0.2) is 4.39 Å². The third-order valence-electron chi connectivity index (χ3n) is 5.51. The molecule has 1 aromatic carbocycles. The van der Waals surface area contributed by atoms with Gasteiger partial charge in [-0.15, -0.1) is 11.3 Å². The Hall–Kier alpha value is -2.21. The molecule has 30 heavy (non-hydrogen) atoms. The number of halogens is 1. The van der Waals surface area contributed by atoms with E-state index in [4.69, 9.17) is 0 Å². The van der Waals surface area contributed by atoms with Crippen molar-refractivity contribution in [2.24, 2.45) is 5.41 Å². The molecule has 0 spiro atoms. The van der Waals surface area contributed by atoms with E-state index >= 15 is 0 Å². The summed E-state index contributed by atoms with van der Waals surface area (Å²) in [6.07, 6.45) is 2.63. The number of nitrogens with zero attached hydrogens (tertiary/aromatic N) is 2. The van der Waals surface area contributed by atoms with Gasteiger partial charge in [0.15, 0.2) is 0 Å². The molecule has 2 heterocycles. The van der Waals surface area contributed by atoms with E-state index < -0.39 is 5.41 Å². The number of hydrogen-bond donors (Lipinski definition) is 0. The van der Waals surface area contributed by atoms with Crippen molar-refractivity contribution in [1.29, 1.82) is 0 Å². The maximum atomic E-state index is 13.5. The first-order valence-corrected chi connectivity index (χ1v) is 11.5. The summed E-state index contributed by atoms with van der Waals surface area (Å²) in [5.74, 6) is -0.356. The van der Waals surface area contributed by atoms with Gasteiger partial charge in [0.1, 0.15) is 5.82 Å². The van der Waals surface area contributed by atoms with Gasteiger partial charge in [0.25, 0.3) is 0 Å². The maximum Gasteiger partial charge on any atom is 0.242 e. The number of rotatable bonds is 6. The molecule has 6 heteroatoms. The van der Waals surface area contributed by atoms with Crippen molar-refractivity contribution < 1.29 is 14.0 Å². The van der Waals surface area contributed by atoms with Crippen LogP contribution < -0.4 is 0 Å². The van der Waals surface area contributed by atoms with Crippen LogP contribution >= 0.6 is 11.3 Å². The molecule has 2 amide bonds. The predicted molar refractivity (Wildman–Crippen MR) is 119 cm³/mol. The summed E-state index contributed by atoms with van der Waals surface area (Å²) in [6, 6.07) is 8.20. The van der Waals surface area contributed by atoms with Crippen LogP contribution in [-0.2, 0) is 16.0 Å². The number of fused-ring (bicyclic) bond motifs is 1. The van der Waals surface area contributed by atoms with Gasteiger partial charge >= 0.3 is 0 Å². The number of thiophene rings is 1. The van der Waals surface area contributed by atoms with E-state index in [9.17, 15) is 14.0 Å². The highest BCUT2D eigenvalue weighted by molar-refractivity contribution is 7.10. The third kappa shape index (κ3) is 4.91. The molecule has 0 saturated carbocycles. The first-order chi connectivity index (χ1) is 14.2. The van der Waals surface area contributed by atoms with Crippen molar-refractivity contribution in [2.45, 2.75) is 53.0 Å². The highest BCUT2D eigenvalue weighted by Crippen LogP contribution is 2.38. The highest BCUT2D eigenvalue weighted by atomic mass is 32.1. The van der Waals surface area contributed by atoms with Crippen LogP contribution in [0.1, 0.15) is 62.6 Å². The zero-order chi connectivity index (χ0) is 21.9. The fourth-order valence-corrected chi connectivity index (χ4v) is 4.82. The normalized spacial score (nSPS) is 16.3. The molecule has 0 saturated heterocycles. The van der Waals surface area contributed by atoms with Crippen LogP contribution in [0.5, 0.6) is 0 Å². The lowest BCUT2D eigenvalue weighted by molar-refractivity contribution is -0.146. The summed E-state index contributed by atoms with van der Waals surface area (Å²) >= 11 is 1.70. The predicted octanol–water partition coefficient (Wildman–Crippen LogP) is 5.04. The second kappa shape index (κ2) is 9.29. The number of unbranched alkanes of at least 4 members (excludes halogenated alkanes) is 1. The SMILES string of the molecule is CCCCN(CC(=O)N1CCc2sccc2C1c1ccc(F)cc1)C(=O)C(C)(C)C. The van der Waals surface area contributed by atoms with Crippen LogP contribution in [0, 0.1) is 11.2 Å². The molecule has 0 N–H and O–H groups in total. The highest BCUT2D eigenvalue weighted by Gasteiger charge is 2.35. The minimum Gasteiger partial charge on any atom is -0.333 e. The lowest BCUT2D eigenvalue weighted by atomic mass is 9.92. The maximum absolute atomic E-state index is 13.5. The van der Waals surface area contributed by atoms with Gasteiger partial charge in [0.05, 0.1) is 12.6 Å².